The Morgan fingerprint density at radius 2 is 1.60 bits per heavy atom. The van der Waals surface area contributed by atoms with E-state index in [-0.39, 0.29) is 35.0 Å². The first-order valence-electron chi connectivity index (χ1n) is 13.9. The lowest BCUT2D eigenvalue weighted by atomic mass is 9.85. The van der Waals surface area contributed by atoms with Crippen molar-refractivity contribution >= 4 is 51.8 Å². The number of nitrogens with zero attached hydrogens (tertiary/aromatic N) is 2. The maximum atomic E-state index is 13.6. The van der Waals surface area contributed by atoms with E-state index in [2.05, 4.69) is 0 Å². The highest BCUT2D eigenvalue weighted by molar-refractivity contribution is 6.35. The predicted molar refractivity (Wildman–Crippen MR) is 160 cm³/mol. The Morgan fingerprint density at radius 3 is 2.24 bits per heavy atom. The van der Waals surface area contributed by atoms with E-state index in [1.807, 2.05) is 18.2 Å². The van der Waals surface area contributed by atoms with Crippen LogP contribution in [-0.4, -0.2) is 34.7 Å². The van der Waals surface area contributed by atoms with Crippen molar-refractivity contribution in [3.8, 4) is 11.3 Å². The zero-order valence-electron chi connectivity index (χ0n) is 22.8. The van der Waals surface area contributed by atoms with Crippen molar-refractivity contribution in [2.45, 2.75) is 32.3 Å². The highest BCUT2D eigenvalue weighted by Crippen LogP contribution is 2.38. The van der Waals surface area contributed by atoms with Crippen molar-refractivity contribution in [1.82, 2.24) is 4.98 Å². The van der Waals surface area contributed by atoms with Crippen molar-refractivity contribution in [1.29, 1.82) is 0 Å². The number of benzene rings is 3. The quantitative estimate of drug-likeness (QED) is 0.103. The summed E-state index contributed by atoms with van der Waals surface area (Å²) < 4.78 is 5.75. The molecule has 3 atom stereocenters. The molecule has 3 aromatic carbocycles. The number of carbonyl (C=O) groups excluding carboxylic acids is 4. The minimum absolute atomic E-state index is 0.182. The number of anilines is 1. The molecule has 210 valence electrons. The van der Waals surface area contributed by atoms with Crippen LogP contribution in [0.15, 0.2) is 91.0 Å². The number of allylic oxidation sites excluding steroid dienone is 2. The fourth-order valence-corrected chi connectivity index (χ4v) is 5.89. The third-order valence-electron chi connectivity index (χ3n) is 7.91. The molecule has 0 N–H and O–H groups in total. The van der Waals surface area contributed by atoms with Gasteiger partial charge in [-0.2, -0.15) is 0 Å². The molecule has 42 heavy (non-hydrogen) atoms. The topological polar surface area (TPSA) is 93.6 Å². The van der Waals surface area contributed by atoms with E-state index < -0.39 is 12.1 Å². The summed E-state index contributed by atoms with van der Waals surface area (Å²) in [5, 5.41) is 0.858. The number of amides is 2. The van der Waals surface area contributed by atoms with Crippen LogP contribution in [0.4, 0.5) is 5.69 Å². The van der Waals surface area contributed by atoms with Crippen LogP contribution >= 0.6 is 11.6 Å². The second kappa shape index (κ2) is 11.3. The van der Waals surface area contributed by atoms with E-state index >= 15 is 0 Å². The number of ketones is 1. The molecular weight excluding hydrogens is 552 g/mol. The summed E-state index contributed by atoms with van der Waals surface area (Å²) in [6.45, 7) is 1.79. The summed E-state index contributed by atoms with van der Waals surface area (Å²) >= 11 is 6.50. The van der Waals surface area contributed by atoms with Gasteiger partial charge in [0, 0.05) is 16.5 Å². The fraction of sp³-hybridized carbons (Fsp3) is 0.206. The van der Waals surface area contributed by atoms with Gasteiger partial charge in [-0.25, -0.2) is 9.78 Å². The number of hydrogen-bond donors (Lipinski definition) is 0. The summed E-state index contributed by atoms with van der Waals surface area (Å²) in [5.74, 6) is -1.94. The van der Waals surface area contributed by atoms with Crippen molar-refractivity contribution in [2.24, 2.45) is 11.8 Å². The molecule has 0 radical (unpaired) electrons. The lowest BCUT2D eigenvalue weighted by molar-refractivity contribution is -0.122. The molecule has 0 spiro atoms. The van der Waals surface area contributed by atoms with E-state index in [4.69, 9.17) is 21.3 Å². The second-order valence-corrected chi connectivity index (χ2v) is 10.8. The van der Waals surface area contributed by atoms with Crippen molar-refractivity contribution < 1.29 is 23.9 Å². The maximum Gasteiger partial charge on any atom is 0.339 e. The van der Waals surface area contributed by atoms with Crippen LogP contribution in [0, 0.1) is 11.8 Å². The van der Waals surface area contributed by atoms with Crippen LogP contribution in [-0.2, 0) is 14.3 Å². The summed E-state index contributed by atoms with van der Waals surface area (Å²) in [4.78, 5) is 58.7. The van der Waals surface area contributed by atoms with Crippen LogP contribution in [0.3, 0.4) is 0 Å². The maximum absolute atomic E-state index is 13.6. The molecule has 2 amide bonds. The summed E-state index contributed by atoms with van der Waals surface area (Å²) in [6, 6.07) is 22.4. The molecule has 1 aromatic heterocycles. The number of fused-ring (bicyclic) bond motifs is 2. The molecule has 2 heterocycles. The van der Waals surface area contributed by atoms with Gasteiger partial charge >= 0.3 is 5.97 Å². The van der Waals surface area contributed by atoms with Crippen molar-refractivity contribution in [3.05, 3.63) is 107 Å². The highest BCUT2D eigenvalue weighted by atomic mass is 35.5. The smallest absolute Gasteiger partial charge is 0.339 e. The normalized spacial score (nSPS) is 18.7. The molecular formula is C34H27ClN2O5. The fourth-order valence-electron chi connectivity index (χ4n) is 5.67. The first-order chi connectivity index (χ1) is 20.4. The Morgan fingerprint density at radius 1 is 0.929 bits per heavy atom. The van der Waals surface area contributed by atoms with Gasteiger partial charge in [-0.1, -0.05) is 85.3 Å². The van der Waals surface area contributed by atoms with Crippen LogP contribution < -0.4 is 4.90 Å². The molecule has 6 rings (SSSR count). The minimum atomic E-state index is -0.959. The number of halogens is 1. The third kappa shape index (κ3) is 4.90. The molecule has 3 unspecified atom stereocenters. The number of rotatable bonds is 7. The molecule has 1 aliphatic carbocycles. The zero-order valence-corrected chi connectivity index (χ0v) is 23.6. The van der Waals surface area contributed by atoms with Gasteiger partial charge in [-0.15, -0.1) is 0 Å². The number of hydrogen-bond acceptors (Lipinski definition) is 6. The van der Waals surface area contributed by atoms with Crippen molar-refractivity contribution in [3.63, 3.8) is 0 Å². The Balaban J connectivity index is 1.32. The second-order valence-electron chi connectivity index (χ2n) is 10.4. The lowest BCUT2D eigenvalue weighted by Crippen LogP contribution is -2.30. The molecule has 1 aliphatic heterocycles. The molecule has 1 fully saturated rings. The molecule has 0 bridgehead atoms. The van der Waals surface area contributed by atoms with Crippen LogP contribution in [0.5, 0.6) is 0 Å². The molecule has 7 nitrogen and oxygen atoms in total. The highest BCUT2D eigenvalue weighted by Gasteiger charge is 2.47. The van der Waals surface area contributed by atoms with E-state index in [9.17, 15) is 19.2 Å². The van der Waals surface area contributed by atoms with Gasteiger partial charge in [0.05, 0.1) is 39.3 Å². The van der Waals surface area contributed by atoms with Gasteiger partial charge in [0.2, 0.25) is 17.6 Å². The number of pyridine rings is 1. The number of carbonyl (C=O) groups is 4. The number of imide groups is 1. The third-order valence-corrected chi connectivity index (χ3v) is 8.21. The van der Waals surface area contributed by atoms with Gasteiger partial charge in [-0.3, -0.25) is 19.3 Å². The number of Topliss-reactive ketones (excluding diaryl/α,β-unsaturated/α-hetero) is 1. The summed E-state index contributed by atoms with van der Waals surface area (Å²) in [7, 11) is 0. The Labute approximate surface area is 247 Å². The summed E-state index contributed by atoms with van der Waals surface area (Å²) in [5.41, 5.74) is 2.70. The minimum Gasteiger partial charge on any atom is -0.450 e. The van der Waals surface area contributed by atoms with Crippen LogP contribution in [0.2, 0.25) is 5.02 Å². The number of ether oxygens (including phenoxy) is 1. The first-order valence-corrected chi connectivity index (χ1v) is 14.3. The van der Waals surface area contributed by atoms with Gasteiger partial charge in [0.1, 0.15) is 0 Å². The first kappa shape index (κ1) is 27.5. The Kier molecular flexibility index (Phi) is 7.43. The average Bonchev–Trinajstić information content (AvgIpc) is 3.29. The largest absolute Gasteiger partial charge is 0.450 e. The van der Waals surface area contributed by atoms with Crippen LogP contribution in [0.1, 0.15) is 46.9 Å². The van der Waals surface area contributed by atoms with Gasteiger partial charge in [0.15, 0.2) is 6.10 Å². The van der Waals surface area contributed by atoms with E-state index in [0.29, 0.717) is 57.7 Å². The Hall–Kier alpha value is -4.62. The molecule has 8 heteroatoms. The number of aromatic nitrogens is 1. The Bertz CT molecular complexity index is 1720. The summed E-state index contributed by atoms with van der Waals surface area (Å²) in [6.07, 6.45) is 4.40. The van der Waals surface area contributed by atoms with E-state index in [1.165, 1.54) is 4.90 Å². The zero-order chi connectivity index (χ0) is 29.4. The standard InChI is InChI=1S/C34H27ClN2O5/c1-2-29(31(38)21-9-4-3-5-10-21)42-34(41)26-19-28(36-30-23(26)13-8-14-27(30)35)20-15-17-22(18-16-20)37-32(39)24-11-6-7-12-25(24)33(37)40/h3-10,13-19,24-25,29H,2,11-12H2,1H3. The van der Waals surface area contributed by atoms with Crippen molar-refractivity contribution in [2.75, 3.05) is 4.90 Å². The van der Waals surface area contributed by atoms with E-state index in [1.54, 1.807) is 79.7 Å². The van der Waals surface area contributed by atoms with Crippen LogP contribution in [0.25, 0.3) is 22.2 Å². The number of para-hydroxylation sites is 1. The monoisotopic (exact) mass is 578 g/mol. The van der Waals surface area contributed by atoms with Gasteiger partial charge < -0.3 is 4.74 Å². The molecule has 0 saturated carbocycles. The molecule has 1 saturated heterocycles. The SMILES string of the molecule is CCC(OC(=O)c1cc(-c2ccc(N3C(=O)C4CC=CCC4C3=O)cc2)nc2c(Cl)cccc12)C(=O)c1ccccc1. The molecule has 2 aliphatic rings. The number of esters is 1. The lowest BCUT2D eigenvalue weighted by Gasteiger charge is -2.17. The molecule has 4 aromatic rings. The average molecular weight is 579 g/mol. The van der Waals surface area contributed by atoms with Gasteiger partial charge in [0.25, 0.3) is 0 Å². The van der Waals surface area contributed by atoms with Gasteiger partial charge in [-0.05, 0) is 43.5 Å². The van der Waals surface area contributed by atoms with E-state index in [0.717, 1.165) is 0 Å². The predicted octanol–water partition coefficient (Wildman–Crippen LogP) is 6.83.